The Bertz CT molecular complexity index is 638. The van der Waals surface area contributed by atoms with E-state index in [1.807, 2.05) is 13.0 Å². The molecule has 2 nitrogen and oxygen atoms in total. The number of carbonyl (C=O) groups is 1. The number of hydrogen-bond donors (Lipinski definition) is 0. The van der Waals surface area contributed by atoms with Gasteiger partial charge in [-0.2, -0.15) is 0 Å². The number of ketones is 1. The van der Waals surface area contributed by atoms with Crippen LogP contribution < -0.4 is 4.74 Å². The summed E-state index contributed by atoms with van der Waals surface area (Å²) >= 11 is 9.34. The van der Waals surface area contributed by atoms with Crippen LogP contribution in [0.2, 0.25) is 5.02 Å². The summed E-state index contributed by atoms with van der Waals surface area (Å²) in [6, 6.07) is 10.5. The highest BCUT2D eigenvalue weighted by atomic mass is 79.9. The van der Waals surface area contributed by atoms with E-state index in [0.29, 0.717) is 21.9 Å². The van der Waals surface area contributed by atoms with Crippen LogP contribution in [-0.2, 0) is 0 Å². The third-order valence-electron chi connectivity index (χ3n) is 2.81. The minimum absolute atomic E-state index is 0.111. The minimum atomic E-state index is -0.111. The Morgan fingerprint density at radius 1 is 1.26 bits per heavy atom. The first kappa shape index (κ1) is 14.1. The van der Waals surface area contributed by atoms with Gasteiger partial charge in [-0.3, -0.25) is 4.79 Å². The highest BCUT2D eigenvalue weighted by Crippen LogP contribution is 2.29. The third-order valence-corrected chi connectivity index (χ3v) is 3.90. The SMILES string of the molecule is COc1cc(C)c(Br)cc1C(=O)c1cccc(Cl)c1. The van der Waals surface area contributed by atoms with Crippen molar-refractivity contribution in [2.45, 2.75) is 6.92 Å². The molecule has 0 heterocycles. The number of hydrogen-bond acceptors (Lipinski definition) is 2. The lowest BCUT2D eigenvalue weighted by atomic mass is 10.0. The summed E-state index contributed by atoms with van der Waals surface area (Å²) in [6.07, 6.45) is 0. The van der Waals surface area contributed by atoms with Crippen molar-refractivity contribution in [2.24, 2.45) is 0 Å². The molecular weight excluding hydrogens is 328 g/mol. The van der Waals surface area contributed by atoms with Crippen molar-refractivity contribution in [3.8, 4) is 5.75 Å². The Morgan fingerprint density at radius 3 is 2.63 bits per heavy atom. The molecule has 0 aliphatic heterocycles. The Balaban J connectivity index is 2.52. The van der Waals surface area contributed by atoms with Crippen LogP contribution in [0, 0.1) is 6.92 Å². The van der Waals surface area contributed by atoms with E-state index in [1.165, 1.54) is 0 Å². The summed E-state index contributed by atoms with van der Waals surface area (Å²) in [5.41, 5.74) is 2.07. The molecule has 2 rings (SSSR count). The van der Waals surface area contributed by atoms with Gasteiger partial charge in [0.05, 0.1) is 12.7 Å². The molecule has 0 bridgehead atoms. The average molecular weight is 340 g/mol. The molecule has 0 aliphatic carbocycles. The van der Waals surface area contributed by atoms with Gasteiger partial charge in [0, 0.05) is 15.1 Å². The average Bonchev–Trinajstić information content (AvgIpc) is 2.40. The number of methoxy groups -OCH3 is 1. The van der Waals surface area contributed by atoms with Crippen molar-refractivity contribution in [2.75, 3.05) is 7.11 Å². The molecule has 0 spiro atoms. The van der Waals surface area contributed by atoms with Crippen molar-refractivity contribution < 1.29 is 9.53 Å². The fraction of sp³-hybridized carbons (Fsp3) is 0.133. The highest BCUT2D eigenvalue weighted by molar-refractivity contribution is 9.10. The normalized spacial score (nSPS) is 10.3. The predicted octanol–water partition coefficient (Wildman–Crippen LogP) is 4.65. The number of aryl methyl sites for hydroxylation is 1. The molecule has 0 amide bonds. The van der Waals surface area contributed by atoms with Crippen molar-refractivity contribution in [3.05, 3.63) is 62.6 Å². The Labute approximate surface area is 125 Å². The molecule has 0 aromatic heterocycles. The number of carbonyl (C=O) groups excluding carboxylic acids is 1. The van der Waals surface area contributed by atoms with E-state index >= 15 is 0 Å². The van der Waals surface area contributed by atoms with Crippen LogP contribution in [0.1, 0.15) is 21.5 Å². The predicted molar refractivity (Wildman–Crippen MR) is 80.3 cm³/mol. The minimum Gasteiger partial charge on any atom is -0.496 e. The molecule has 0 saturated heterocycles. The topological polar surface area (TPSA) is 26.3 Å². The molecular formula is C15H12BrClO2. The van der Waals surface area contributed by atoms with Gasteiger partial charge in [0.2, 0.25) is 0 Å². The number of ether oxygens (including phenoxy) is 1. The molecule has 98 valence electrons. The van der Waals surface area contributed by atoms with E-state index in [2.05, 4.69) is 15.9 Å². The van der Waals surface area contributed by atoms with Crippen LogP contribution in [0.15, 0.2) is 40.9 Å². The van der Waals surface area contributed by atoms with Crippen molar-refractivity contribution in [1.29, 1.82) is 0 Å². The van der Waals surface area contributed by atoms with Gasteiger partial charge in [0.25, 0.3) is 0 Å². The zero-order valence-corrected chi connectivity index (χ0v) is 12.9. The summed E-state index contributed by atoms with van der Waals surface area (Å²) < 4.78 is 6.15. The van der Waals surface area contributed by atoms with Gasteiger partial charge in [-0.05, 0) is 36.8 Å². The Morgan fingerprint density at radius 2 is 2.00 bits per heavy atom. The van der Waals surface area contributed by atoms with Crippen molar-refractivity contribution in [3.63, 3.8) is 0 Å². The first-order valence-corrected chi connectivity index (χ1v) is 6.84. The van der Waals surface area contributed by atoms with Crippen LogP contribution in [0.25, 0.3) is 0 Å². The zero-order chi connectivity index (χ0) is 14.0. The van der Waals surface area contributed by atoms with Gasteiger partial charge >= 0.3 is 0 Å². The van der Waals surface area contributed by atoms with E-state index in [1.54, 1.807) is 37.4 Å². The van der Waals surface area contributed by atoms with Crippen molar-refractivity contribution >= 4 is 33.3 Å². The monoisotopic (exact) mass is 338 g/mol. The van der Waals surface area contributed by atoms with Crippen LogP contribution in [0.3, 0.4) is 0 Å². The highest BCUT2D eigenvalue weighted by Gasteiger charge is 2.16. The molecule has 0 N–H and O–H groups in total. The van der Waals surface area contributed by atoms with Crippen LogP contribution in [0.4, 0.5) is 0 Å². The van der Waals surface area contributed by atoms with Crippen LogP contribution in [-0.4, -0.2) is 12.9 Å². The zero-order valence-electron chi connectivity index (χ0n) is 10.5. The molecule has 2 aromatic carbocycles. The standard InChI is InChI=1S/C15H12BrClO2/c1-9-6-14(19-2)12(8-13(9)16)15(18)10-4-3-5-11(17)7-10/h3-8H,1-2H3. The fourth-order valence-corrected chi connectivity index (χ4v) is 2.32. The summed E-state index contributed by atoms with van der Waals surface area (Å²) in [5.74, 6) is 0.450. The van der Waals surface area contributed by atoms with E-state index in [9.17, 15) is 4.79 Å². The number of halogens is 2. The third kappa shape index (κ3) is 2.99. The van der Waals surface area contributed by atoms with E-state index in [4.69, 9.17) is 16.3 Å². The van der Waals surface area contributed by atoms with E-state index < -0.39 is 0 Å². The second-order valence-corrected chi connectivity index (χ2v) is 5.43. The van der Waals surface area contributed by atoms with Crippen LogP contribution in [0.5, 0.6) is 5.75 Å². The molecule has 0 radical (unpaired) electrons. The molecule has 19 heavy (non-hydrogen) atoms. The lowest BCUT2D eigenvalue weighted by Crippen LogP contribution is -2.04. The quantitative estimate of drug-likeness (QED) is 0.761. The maximum atomic E-state index is 12.5. The molecule has 4 heteroatoms. The number of rotatable bonds is 3. The lowest BCUT2D eigenvalue weighted by Gasteiger charge is -2.10. The van der Waals surface area contributed by atoms with Gasteiger partial charge in [0.15, 0.2) is 5.78 Å². The van der Waals surface area contributed by atoms with Gasteiger partial charge in [-0.15, -0.1) is 0 Å². The maximum Gasteiger partial charge on any atom is 0.196 e. The second-order valence-electron chi connectivity index (χ2n) is 4.14. The number of benzene rings is 2. The van der Waals surface area contributed by atoms with Gasteiger partial charge in [-0.25, -0.2) is 0 Å². The van der Waals surface area contributed by atoms with Gasteiger partial charge in [0.1, 0.15) is 5.75 Å². The summed E-state index contributed by atoms with van der Waals surface area (Å²) in [4.78, 5) is 12.5. The van der Waals surface area contributed by atoms with E-state index in [0.717, 1.165) is 10.0 Å². The van der Waals surface area contributed by atoms with Gasteiger partial charge in [-0.1, -0.05) is 39.7 Å². The Kier molecular flexibility index (Phi) is 4.27. The van der Waals surface area contributed by atoms with Crippen LogP contribution >= 0.6 is 27.5 Å². The van der Waals surface area contributed by atoms with Gasteiger partial charge < -0.3 is 4.74 Å². The molecule has 0 saturated carbocycles. The fourth-order valence-electron chi connectivity index (χ4n) is 1.79. The van der Waals surface area contributed by atoms with Crippen molar-refractivity contribution in [1.82, 2.24) is 0 Å². The molecule has 0 aliphatic rings. The molecule has 0 unspecified atom stereocenters. The maximum absolute atomic E-state index is 12.5. The first-order valence-electron chi connectivity index (χ1n) is 5.67. The molecule has 0 atom stereocenters. The lowest BCUT2D eigenvalue weighted by molar-refractivity contribution is 0.103. The Hall–Kier alpha value is -1.32. The summed E-state index contributed by atoms with van der Waals surface area (Å²) in [5, 5.41) is 0.538. The largest absolute Gasteiger partial charge is 0.496 e. The summed E-state index contributed by atoms with van der Waals surface area (Å²) in [7, 11) is 1.55. The van der Waals surface area contributed by atoms with E-state index in [-0.39, 0.29) is 5.78 Å². The molecule has 0 fully saturated rings. The molecule has 2 aromatic rings. The summed E-state index contributed by atoms with van der Waals surface area (Å²) in [6.45, 7) is 1.94. The second kappa shape index (κ2) is 5.76. The smallest absolute Gasteiger partial charge is 0.196 e. The first-order chi connectivity index (χ1) is 9.02.